The fourth-order valence-corrected chi connectivity index (χ4v) is 2.64. The van der Waals surface area contributed by atoms with Gasteiger partial charge in [0.1, 0.15) is 11.4 Å². The number of rotatable bonds is 7. The minimum Gasteiger partial charge on any atom is -0.483 e. The number of carbonyl (C=O) groups excluding carboxylic acids is 1. The summed E-state index contributed by atoms with van der Waals surface area (Å²) in [6, 6.07) is 4.76. The van der Waals surface area contributed by atoms with Crippen molar-refractivity contribution < 1.29 is 32.2 Å². The predicted molar refractivity (Wildman–Crippen MR) is 99.2 cm³/mol. The van der Waals surface area contributed by atoms with Crippen LogP contribution in [-0.4, -0.2) is 49.6 Å². The molecule has 0 bridgehead atoms. The number of alkyl halides is 3. The molecule has 0 saturated heterocycles. The van der Waals surface area contributed by atoms with Crippen LogP contribution in [0.1, 0.15) is 26.3 Å². The molecule has 1 rings (SSSR count). The number of methoxy groups -OCH3 is 1. The van der Waals surface area contributed by atoms with Crippen molar-refractivity contribution in [3.63, 3.8) is 0 Å². The van der Waals surface area contributed by atoms with Crippen LogP contribution in [0.25, 0.3) is 0 Å². The van der Waals surface area contributed by atoms with Crippen LogP contribution in [0.3, 0.4) is 0 Å². The van der Waals surface area contributed by atoms with E-state index in [-0.39, 0.29) is 12.3 Å². The molecule has 1 amide bonds. The summed E-state index contributed by atoms with van der Waals surface area (Å²) in [7, 11) is 1.53. The van der Waals surface area contributed by atoms with Gasteiger partial charge in [-0.2, -0.15) is 13.2 Å². The van der Waals surface area contributed by atoms with Crippen LogP contribution in [0.5, 0.6) is 5.75 Å². The first kappa shape index (κ1) is 22.8. The molecule has 0 atom stereocenters. The molecule has 0 aliphatic rings. The van der Waals surface area contributed by atoms with Gasteiger partial charge in [-0.1, -0.05) is 6.07 Å². The lowest BCUT2D eigenvalue weighted by atomic mass is 10.2. The van der Waals surface area contributed by atoms with Crippen molar-refractivity contribution in [3.05, 3.63) is 27.3 Å². The van der Waals surface area contributed by atoms with Gasteiger partial charge in [0.25, 0.3) is 0 Å². The van der Waals surface area contributed by atoms with Crippen LogP contribution in [0.15, 0.2) is 18.2 Å². The van der Waals surface area contributed by atoms with Gasteiger partial charge in [-0.3, -0.25) is 0 Å². The molecule has 9 heteroatoms. The van der Waals surface area contributed by atoms with E-state index in [2.05, 4.69) is 0 Å². The smallest absolute Gasteiger partial charge is 0.422 e. The molecule has 0 heterocycles. The highest BCUT2D eigenvalue weighted by molar-refractivity contribution is 14.1. The Hall–Kier alpha value is -1.23. The van der Waals surface area contributed by atoms with Gasteiger partial charge in [-0.15, -0.1) is 0 Å². The van der Waals surface area contributed by atoms with E-state index in [1.54, 1.807) is 32.9 Å². The Morgan fingerprint density at radius 3 is 2.38 bits per heavy atom. The largest absolute Gasteiger partial charge is 0.483 e. The Morgan fingerprint density at radius 2 is 1.88 bits per heavy atom. The van der Waals surface area contributed by atoms with Crippen molar-refractivity contribution >= 4 is 28.7 Å². The summed E-state index contributed by atoms with van der Waals surface area (Å²) < 4.78 is 52.5. The van der Waals surface area contributed by atoms with E-state index in [0.717, 1.165) is 5.56 Å². The minimum absolute atomic E-state index is 0.146. The third kappa shape index (κ3) is 8.93. The van der Waals surface area contributed by atoms with Crippen LogP contribution in [0.2, 0.25) is 0 Å². The molecule has 5 nitrogen and oxygen atoms in total. The average molecular weight is 489 g/mol. The predicted octanol–water partition coefficient (Wildman–Crippen LogP) is 4.62. The molecule has 0 aliphatic carbocycles. The number of benzene rings is 1. The Bertz CT molecular complexity index is 603. The zero-order valence-electron chi connectivity index (χ0n) is 15.2. The lowest BCUT2D eigenvalue weighted by Crippen LogP contribution is -2.38. The first-order valence-electron chi connectivity index (χ1n) is 7.86. The standard InChI is InChI=1S/C17H23F3INO4/c1-16(2,3)26-15(23)22(7-8-24-4)10-12-5-6-14(13(21)9-12)25-11-17(18,19)20/h5-6,9H,7-8,10-11H2,1-4H3. The second kappa shape index (κ2) is 9.63. The Kier molecular flexibility index (Phi) is 8.45. The van der Waals surface area contributed by atoms with E-state index in [1.807, 2.05) is 22.6 Å². The number of hydrogen-bond acceptors (Lipinski definition) is 4. The summed E-state index contributed by atoms with van der Waals surface area (Å²) in [4.78, 5) is 13.8. The van der Waals surface area contributed by atoms with E-state index in [1.165, 1.54) is 18.1 Å². The maximum Gasteiger partial charge on any atom is 0.422 e. The molecule has 0 spiro atoms. The fraction of sp³-hybridized carbons (Fsp3) is 0.588. The summed E-state index contributed by atoms with van der Waals surface area (Å²) in [6.45, 7) is 4.88. The van der Waals surface area contributed by atoms with Crippen molar-refractivity contribution in [3.8, 4) is 5.75 Å². The summed E-state index contributed by atoms with van der Waals surface area (Å²) in [5.41, 5.74) is 0.113. The van der Waals surface area contributed by atoms with Crippen molar-refractivity contribution in [2.75, 3.05) is 26.9 Å². The minimum atomic E-state index is -4.39. The number of amides is 1. The molecule has 1 aromatic carbocycles. The molecular formula is C17H23F3INO4. The van der Waals surface area contributed by atoms with Gasteiger partial charge in [0, 0.05) is 20.2 Å². The Balaban J connectivity index is 2.83. The molecule has 0 fully saturated rings. The molecule has 0 radical (unpaired) electrons. The Labute approximate surface area is 164 Å². The number of ether oxygens (including phenoxy) is 3. The van der Waals surface area contributed by atoms with Gasteiger partial charge >= 0.3 is 12.3 Å². The maximum absolute atomic E-state index is 12.3. The van der Waals surface area contributed by atoms with Crippen molar-refractivity contribution in [1.29, 1.82) is 0 Å². The van der Waals surface area contributed by atoms with Gasteiger partial charge in [0.05, 0.1) is 10.2 Å². The molecular weight excluding hydrogens is 466 g/mol. The van der Waals surface area contributed by atoms with E-state index < -0.39 is 24.5 Å². The quantitative estimate of drug-likeness (QED) is 0.525. The topological polar surface area (TPSA) is 48.0 Å². The van der Waals surface area contributed by atoms with Crippen LogP contribution < -0.4 is 4.74 Å². The number of hydrogen-bond donors (Lipinski definition) is 0. The normalized spacial score (nSPS) is 12.0. The maximum atomic E-state index is 12.3. The number of halogens is 4. The van der Waals surface area contributed by atoms with Crippen LogP contribution in [0.4, 0.5) is 18.0 Å². The van der Waals surface area contributed by atoms with E-state index in [4.69, 9.17) is 14.2 Å². The lowest BCUT2D eigenvalue weighted by Gasteiger charge is -2.27. The van der Waals surface area contributed by atoms with E-state index >= 15 is 0 Å². The van der Waals surface area contributed by atoms with Crippen molar-refractivity contribution in [2.24, 2.45) is 0 Å². The monoisotopic (exact) mass is 489 g/mol. The van der Waals surface area contributed by atoms with Gasteiger partial charge in [0.2, 0.25) is 0 Å². The lowest BCUT2D eigenvalue weighted by molar-refractivity contribution is -0.153. The molecule has 0 saturated carbocycles. The van der Waals surface area contributed by atoms with E-state index in [9.17, 15) is 18.0 Å². The second-order valence-corrected chi connectivity index (χ2v) is 7.73. The number of carbonyl (C=O) groups is 1. The van der Waals surface area contributed by atoms with Gasteiger partial charge in [-0.05, 0) is 61.1 Å². The van der Waals surface area contributed by atoms with Crippen molar-refractivity contribution in [1.82, 2.24) is 4.90 Å². The zero-order valence-corrected chi connectivity index (χ0v) is 17.3. The van der Waals surface area contributed by atoms with Crippen molar-refractivity contribution in [2.45, 2.75) is 39.1 Å². The zero-order chi connectivity index (χ0) is 20.0. The molecule has 0 unspecified atom stereocenters. The molecule has 0 N–H and O–H groups in total. The highest BCUT2D eigenvalue weighted by atomic mass is 127. The molecule has 0 aromatic heterocycles. The van der Waals surface area contributed by atoms with Crippen LogP contribution in [0, 0.1) is 3.57 Å². The summed E-state index contributed by atoms with van der Waals surface area (Å²) in [6.07, 6.45) is -4.88. The highest BCUT2D eigenvalue weighted by Gasteiger charge is 2.29. The van der Waals surface area contributed by atoms with E-state index in [0.29, 0.717) is 16.7 Å². The summed E-state index contributed by atoms with van der Waals surface area (Å²) >= 11 is 1.90. The summed E-state index contributed by atoms with van der Waals surface area (Å²) in [5, 5.41) is 0. The molecule has 0 aliphatic heterocycles. The SMILES string of the molecule is COCCN(Cc1ccc(OCC(F)(F)F)c(I)c1)C(=O)OC(C)(C)C. The number of nitrogens with zero attached hydrogens (tertiary/aromatic N) is 1. The summed E-state index contributed by atoms with van der Waals surface area (Å²) in [5.74, 6) is 0.146. The third-order valence-corrected chi connectivity index (χ3v) is 3.82. The van der Waals surface area contributed by atoms with Gasteiger partial charge < -0.3 is 19.1 Å². The Morgan fingerprint density at radius 1 is 1.23 bits per heavy atom. The van der Waals surface area contributed by atoms with Crippen LogP contribution >= 0.6 is 22.6 Å². The average Bonchev–Trinajstić information content (AvgIpc) is 2.47. The highest BCUT2D eigenvalue weighted by Crippen LogP contribution is 2.25. The third-order valence-electron chi connectivity index (χ3n) is 2.98. The second-order valence-electron chi connectivity index (χ2n) is 6.56. The van der Waals surface area contributed by atoms with Crippen LogP contribution in [-0.2, 0) is 16.0 Å². The first-order chi connectivity index (χ1) is 11.9. The molecule has 1 aromatic rings. The first-order valence-corrected chi connectivity index (χ1v) is 8.94. The van der Waals surface area contributed by atoms with Gasteiger partial charge in [-0.25, -0.2) is 4.79 Å². The molecule has 26 heavy (non-hydrogen) atoms. The fourth-order valence-electron chi connectivity index (χ4n) is 1.90. The van der Waals surface area contributed by atoms with Gasteiger partial charge in [0.15, 0.2) is 6.61 Å². The molecule has 148 valence electrons.